The summed E-state index contributed by atoms with van der Waals surface area (Å²) in [5.74, 6) is -1.94. The van der Waals surface area contributed by atoms with E-state index in [0.717, 1.165) is 12.1 Å². The summed E-state index contributed by atoms with van der Waals surface area (Å²) in [4.78, 5) is 23.0. The highest BCUT2D eigenvalue weighted by atomic mass is 16.4. The number of aryl methyl sites for hydroxylation is 1. The first kappa shape index (κ1) is 15.5. The van der Waals surface area contributed by atoms with Gasteiger partial charge in [0.05, 0.1) is 11.8 Å². The number of hydrogen-bond acceptors (Lipinski definition) is 2. The van der Waals surface area contributed by atoms with Gasteiger partial charge in [-0.2, -0.15) is 0 Å². The van der Waals surface area contributed by atoms with Crippen LogP contribution in [0.1, 0.15) is 44.6 Å². The van der Waals surface area contributed by atoms with Gasteiger partial charge in [-0.3, -0.25) is 9.59 Å². The summed E-state index contributed by atoms with van der Waals surface area (Å²) in [6, 6.07) is 7.85. The average molecular weight is 289 g/mol. The number of anilines is 1. The van der Waals surface area contributed by atoms with Crippen LogP contribution in [0.5, 0.6) is 0 Å². The van der Waals surface area contributed by atoms with Gasteiger partial charge in [-0.05, 0) is 43.4 Å². The highest BCUT2D eigenvalue weighted by molar-refractivity contribution is 5.96. The molecular weight excluding hydrogens is 266 g/mol. The van der Waals surface area contributed by atoms with Crippen molar-refractivity contribution in [3.8, 4) is 0 Å². The van der Waals surface area contributed by atoms with Gasteiger partial charge in [0.1, 0.15) is 0 Å². The van der Waals surface area contributed by atoms with Crippen LogP contribution in [0.25, 0.3) is 0 Å². The molecule has 0 spiro atoms. The van der Waals surface area contributed by atoms with Gasteiger partial charge in [-0.25, -0.2) is 0 Å². The van der Waals surface area contributed by atoms with Crippen molar-refractivity contribution < 1.29 is 14.7 Å². The molecule has 2 unspecified atom stereocenters. The number of carboxylic acid groups (broad SMARTS) is 1. The van der Waals surface area contributed by atoms with Gasteiger partial charge in [0.25, 0.3) is 0 Å². The fourth-order valence-electron chi connectivity index (χ4n) is 2.68. The maximum Gasteiger partial charge on any atom is 0.307 e. The fraction of sp³-hybridized carbons (Fsp3) is 0.529. The molecule has 1 aromatic carbocycles. The predicted octanol–water partition coefficient (Wildman–Crippen LogP) is 3.47. The lowest BCUT2D eigenvalue weighted by Crippen LogP contribution is -2.41. The van der Waals surface area contributed by atoms with Gasteiger partial charge in [-0.15, -0.1) is 0 Å². The number of amides is 1. The maximum atomic E-state index is 12.0. The van der Waals surface area contributed by atoms with Crippen molar-refractivity contribution in [2.45, 2.75) is 45.4 Å². The lowest BCUT2D eigenvalue weighted by Gasteiger charge is -2.31. The van der Waals surface area contributed by atoms with Crippen molar-refractivity contribution in [3.63, 3.8) is 0 Å². The number of unbranched alkanes of at least 4 members (excludes halogenated alkanes) is 2. The molecule has 4 nitrogen and oxygen atoms in total. The van der Waals surface area contributed by atoms with Crippen LogP contribution in [0, 0.1) is 11.8 Å². The van der Waals surface area contributed by atoms with Crippen LogP contribution in [0.15, 0.2) is 24.3 Å². The van der Waals surface area contributed by atoms with E-state index in [-0.39, 0.29) is 11.8 Å². The molecule has 1 amide bonds. The van der Waals surface area contributed by atoms with E-state index in [2.05, 4.69) is 12.2 Å². The number of carbonyl (C=O) groups excluding carboxylic acids is 1. The lowest BCUT2D eigenvalue weighted by molar-refractivity contribution is -0.151. The zero-order valence-electron chi connectivity index (χ0n) is 12.5. The lowest BCUT2D eigenvalue weighted by atomic mass is 9.73. The molecule has 2 atom stereocenters. The largest absolute Gasteiger partial charge is 0.481 e. The maximum absolute atomic E-state index is 12.0. The SMILES string of the molecule is CCCCCc1ccc(NC(=O)C2CCC2C(=O)O)cc1. The molecule has 1 aromatic rings. The first-order valence-corrected chi connectivity index (χ1v) is 7.74. The minimum absolute atomic E-state index is 0.174. The minimum Gasteiger partial charge on any atom is -0.481 e. The Hall–Kier alpha value is -1.84. The van der Waals surface area contributed by atoms with E-state index in [1.807, 2.05) is 24.3 Å². The number of hydrogen-bond donors (Lipinski definition) is 2. The van der Waals surface area contributed by atoms with Crippen molar-refractivity contribution in [1.29, 1.82) is 0 Å². The molecule has 1 aliphatic carbocycles. The quantitative estimate of drug-likeness (QED) is 0.755. The standard InChI is InChI=1S/C17H23NO3/c1-2-3-4-5-12-6-8-13(9-7-12)18-16(19)14-10-11-15(14)17(20)21/h6-9,14-15H,2-5,10-11H2,1H3,(H,18,19)(H,20,21). The van der Waals surface area contributed by atoms with Crippen LogP contribution in [0.2, 0.25) is 0 Å². The first-order valence-electron chi connectivity index (χ1n) is 7.74. The average Bonchev–Trinajstić information content (AvgIpc) is 2.39. The van der Waals surface area contributed by atoms with Crippen LogP contribution in [0.4, 0.5) is 5.69 Å². The highest BCUT2D eigenvalue weighted by Gasteiger charge is 2.41. The molecule has 2 rings (SSSR count). The van der Waals surface area contributed by atoms with Gasteiger partial charge < -0.3 is 10.4 Å². The van der Waals surface area contributed by atoms with Crippen molar-refractivity contribution in [1.82, 2.24) is 0 Å². The Balaban J connectivity index is 1.85. The van der Waals surface area contributed by atoms with Gasteiger partial charge in [0.2, 0.25) is 5.91 Å². The van der Waals surface area contributed by atoms with E-state index >= 15 is 0 Å². The van der Waals surface area contributed by atoms with Crippen LogP contribution < -0.4 is 5.32 Å². The highest BCUT2D eigenvalue weighted by Crippen LogP contribution is 2.35. The molecule has 21 heavy (non-hydrogen) atoms. The second-order valence-corrected chi connectivity index (χ2v) is 5.77. The summed E-state index contributed by atoms with van der Waals surface area (Å²) >= 11 is 0. The third kappa shape index (κ3) is 4.06. The summed E-state index contributed by atoms with van der Waals surface area (Å²) in [7, 11) is 0. The summed E-state index contributed by atoms with van der Waals surface area (Å²) < 4.78 is 0. The third-order valence-corrected chi connectivity index (χ3v) is 4.22. The van der Waals surface area contributed by atoms with E-state index in [9.17, 15) is 9.59 Å². The Morgan fingerprint density at radius 1 is 1.14 bits per heavy atom. The van der Waals surface area contributed by atoms with E-state index in [4.69, 9.17) is 5.11 Å². The smallest absolute Gasteiger partial charge is 0.307 e. The molecule has 1 saturated carbocycles. The third-order valence-electron chi connectivity index (χ3n) is 4.22. The monoisotopic (exact) mass is 289 g/mol. The van der Waals surface area contributed by atoms with Crippen molar-refractivity contribution in [2.24, 2.45) is 11.8 Å². The fourth-order valence-corrected chi connectivity index (χ4v) is 2.68. The molecule has 0 aliphatic heterocycles. The Bertz CT molecular complexity index is 495. The number of nitrogens with one attached hydrogen (secondary N) is 1. The van der Waals surface area contributed by atoms with E-state index in [1.54, 1.807) is 0 Å². The summed E-state index contributed by atoms with van der Waals surface area (Å²) in [5.41, 5.74) is 2.02. The number of carbonyl (C=O) groups is 2. The van der Waals surface area contributed by atoms with Gasteiger partial charge in [0, 0.05) is 5.69 Å². The number of carboxylic acids is 1. The van der Waals surface area contributed by atoms with Crippen LogP contribution in [-0.4, -0.2) is 17.0 Å². The molecule has 1 aliphatic rings. The van der Waals surface area contributed by atoms with E-state index in [0.29, 0.717) is 12.8 Å². The van der Waals surface area contributed by atoms with E-state index in [1.165, 1.54) is 24.8 Å². The molecule has 1 fully saturated rings. The van der Waals surface area contributed by atoms with Crippen LogP contribution in [-0.2, 0) is 16.0 Å². The normalized spacial score (nSPS) is 20.6. The van der Waals surface area contributed by atoms with Gasteiger partial charge in [0.15, 0.2) is 0 Å². The molecular formula is C17H23NO3. The number of aliphatic carboxylic acids is 1. The Kier molecular flexibility index (Phi) is 5.37. The molecule has 0 radical (unpaired) electrons. The van der Waals surface area contributed by atoms with Gasteiger partial charge in [-0.1, -0.05) is 31.9 Å². The van der Waals surface area contributed by atoms with Crippen molar-refractivity contribution in [3.05, 3.63) is 29.8 Å². The van der Waals surface area contributed by atoms with Crippen LogP contribution >= 0.6 is 0 Å². The zero-order chi connectivity index (χ0) is 15.2. The zero-order valence-corrected chi connectivity index (χ0v) is 12.5. The summed E-state index contributed by atoms with van der Waals surface area (Å²) in [6.07, 6.45) is 5.95. The summed E-state index contributed by atoms with van der Waals surface area (Å²) in [5, 5.41) is 11.8. The molecule has 0 saturated heterocycles. The minimum atomic E-state index is -0.868. The van der Waals surface area contributed by atoms with Gasteiger partial charge >= 0.3 is 5.97 Å². The number of rotatable bonds is 7. The molecule has 114 valence electrons. The first-order chi connectivity index (χ1) is 10.1. The molecule has 4 heteroatoms. The molecule has 0 aromatic heterocycles. The topological polar surface area (TPSA) is 66.4 Å². The second kappa shape index (κ2) is 7.25. The number of benzene rings is 1. The Labute approximate surface area is 125 Å². The van der Waals surface area contributed by atoms with Crippen LogP contribution in [0.3, 0.4) is 0 Å². The second-order valence-electron chi connectivity index (χ2n) is 5.77. The molecule has 0 bridgehead atoms. The molecule has 0 heterocycles. The summed E-state index contributed by atoms with van der Waals surface area (Å²) in [6.45, 7) is 2.18. The van der Waals surface area contributed by atoms with Crippen molar-refractivity contribution in [2.75, 3.05) is 5.32 Å². The Morgan fingerprint density at radius 2 is 1.81 bits per heavy atom. The van der Waals surface area contributed by atoms with Crippen molar-refractivity contribution >= 4 is 17.6 Å². The molecule has 2 N–H and O–H groups in total. The Morgan fingerprint density at radius 3 is 2.33 bits per heavy atom. The van der Waals surface area contributed by atoms with E-state index < -0.39 is 11.9 Å². The predicted molar refractivity (Wildman–Crippen MR) is 82.2 cm³/mol.